The molecule has 3 rings (SSSR count). The van der Waals surface area contributed by atoms with E-state index in [2.05, 4.69) is 0 Å². The normalized spacial score (nSPS) is 11.0. The lowest BCUT2D eigenvalue weighted by Crippen LogP contribution is -2.13. The smallest absolute Gasteiger partial charge is 0.462 e. The molecule has 0 saturated heterocycles. The average Bonchev–Trinajstić information content (AvgIpc) is 2.69. The van der Waals surface area contributed by atoms with Crippen molar-refractivity contribution in [3.63, 3.8) is 0 Å². The molecule has 0 fully saturated rings. The minimum atomic E-state index is -0.879. The van der Waals surface area contributed by atoms with Gasteiger partial charge in [-0.25, -0.2) is 9.59 Å². The fraction of sp³-hybridized carbons (Fsp3) is 0.190. The van der Waals surface area contributed by atoms with Crippen LogP contribution in [0.15, 0.2) is 59.4 Å². The van der Waals surface area contributed by atoms with Gasteiger partial charge in [0.1, 0.15) is 5.75 Å². The Labute approximate surface area is 165 Å². The van der Waals surface area contributed by atoms with Crippen LogP contribution in [-0.4, -0.2) is 25.3 Å². The second-order valence-electron chi connectivity index (χ2n) is 5.81. The number of ether oxygens (including phenoxy) is 3. The van der Waals surface area contributed by atoms with Crippen molar-refractivity contribution in [2.45, 2.75) is 13.3 Å². The molecule has 7 heteroatoms. The number of allylic oxidation sites excluding steroid dienone is 1. The van der Waals surface area contributed by atoms with E-state index in [0.29, 0.717) is 17.2 Å². The zero-order valence-corrected chi connectivity index (χ0v) is 16.0. The van der Waals surface area contributed by atoms with Gasteiger partial charge >= 0.3 is 12.1 Å². The highest BCUT2D eigenvalue weighted by atomic mass is 32.1. The van der Waals surface area contributed by atoms with E-state index in [-0.39, 0.29) is 24.4 Å². The van der Waals surface area contributed by atoms with E-state index in [1.54, 1.807) is 37.3 Å². The standard InChI is InChI=1S/C21H18O6S/c1-2-6-19(22)25-11-5-12-26-21(24)27-14-9-10-18-16(13-14)20(23)15-7-3-4-8-17(15)28-18/h2-4,6-10,13H,5,11-12H2,1H3. The number of rotatable bonds is 6. The van der Waals surface area contributed by atoms with Crippen LogP contribution in [0, 0.1) is 0 Å². The largest absolute Gasteiger partial charge is 0.513 e. The number of hydrogen-bond donors (Lipinski definition) is 0. The first kappa shape index (κ1) is 19.6. The van der Waals surface area contributed by atoms with Gasteiger partial charge in [0.15, 0.2) is 5.43 Å². The lowest BCUT2D eigenvalue weighted by Gasteiger charge is -2.07. The summed E-state index contributed by atoms with van der Waals surface area (Å²) in [5, 5.41) is 1.12. The molecular formula is C21H18O6S. The van der Waals surface area contributed by atoms with E-state index in [4.69, 9.17) is 14.2 Å². The lowest BCUT2D eigenvalue weighted by molar-refractivity contribution is -0.138. The number of esters is 1. The molecule has 3 aromatic rings. The molecule has 0 N–H and O–H groups in total. The fourth-order valence-electron chi connectivity index (χ4n) is 2.54. The number of hydrogen-bond acceptors (Lipinski definition) is 7. The monoisotopic (exact) mass is 398 g/mol. The van der Waals surface area contributed by atoms with Crippen molar-refractivity contribution in [2.75, 3.05) is 13.2 Å². The molecule has 0 atom stereocenters. The van der Waals surface area contributed by atoms with Gasteiger partial charge in [0.25, 0.3) is 0 Å². The van der Waals surface area contributed by atoms with Crippen LogP contribution in [-0.2, 0) is 14.3 Å². The molecule has 0 aliphatic heterocycles. The van der Waals surface area contributed by atoms with Crippen molar-refractivity contribution in [1.82, 2.24) is 0 Å². The highest BCUT2D eigenvalue weighted by Crippen LogP contribution is 2.27. The van der Waals surface area contributed by atoms with Crippen molar-refractivity contribution in [3.05, 3.63) is 64.8 Å². The fourth-order valence-corrected chi connectivity index (χ4v) is 3.59. The van der Waals surface area contributed by atoms with E-state index in [0.717, 1.165) is 9.40 Å². The maximum absolute atomic E-state index is 12.7. The van der Waals surface area contributed by atoms with E-state index in [1.165, 1.54) is 17.4 Å². The Kier molecular flexibility index (Phi) is 6.39. The molecule has 0 aliphatic rings. The Hall–Kier alpha value is -3.19. The molecule has 0 saturated carbocycles. The minimum absolute atomic E-state index is 0.0506. The van der Waals surface area contributed by atoms with Gasteiger partial charge in [-0.1, -0.05) is 18.2 Å². The van der Waals surface area contributed by atoms with E-state index in [9.17, 15) is 14.4 Å². The van der Waals surface area contributed by atoms with E-state index >= 15 is 0 Å². The van der Waals surface area contributed by atoms with Crippen LogP contribution in [0.1, 0.15) is 13.3 Å². The van der Waals surface area contributed by atoms with Gasteiger partial charge in [0.05, 0.1) is 13.2 Å². The topological polar surface area (TPSA) is 78.9 Å². The Morgan fingerprint density at radius 1 is 1.00 bits per heavy atom. The quantitative estimate of drug-likeness (QED) is 0.201. The van der Waals surface area contributed by atoms with Crippen molar-refractivity contribution in [2.24, 2.45) is 0 Å². The second kappa shape index (κ2) is 9.14. The van der Waals surface area contributed by atoms with Crippen LogP contribution < -0.4 is 10.2 Å². The molecule has 1 aromatic heterocycles. The molecule has 0 unspecified atom stereocenters. The lowest BCUT2D eigenvalue weighted by atomic mass is 10.2. The SMILES string of the molecule is CC=CC(=O)OCCCOC(=O)Oc1ccc2sc3ccccc3c(=O)c2c1. The zero-order chi connectivity index (χ0) is 19.9. The number of carbonyl (C=O) groups is 2. The summed E-state index contributed by atoms with van der Waals surface area (Å²) in [6.45, 7) is 1.90. The molecule has 0 spiro atoms. The second-order valence-corrected chi connectivity index (χ2v) is 6.89. The first-order valence-corrected chi connectivity index (χ1v) is 9.50. The minimum Gasteiger partial charge on any atom is -0.462 e. The van der Waals surface area contributed by atoms with Crippen LogP contribution in [0.2, 0.25) is 0 Å². The number of fused-ring (bicyclic) bond motifs is 2. The third-order valence-corrected chi connectivity index (χ3v) is 4.96. The maximum atomic E-state index is 12.7. The molecule has 0 bridgehead atoms. The van der Waals surface area contributed by atoms with E-state index in [1.807, 2.05) is 18.2 Å². The summed E-state index contributed by atoms with van der Waals surface area (Å²) in [5.74, 6) is -0.208. The predicted molar refractivity (Wildman–Crippen MR) is 108 cm³/mol. The van der Waals surface area contributed by atoms with Crippen molar-refractivity contribution in [1.29, 1.82) is 0 Å². The summed E-state index contributed by atoms with van der Waals surface area (Å²) in [7, 11) is 0. The molecule has 0 radical (unpaired) electrons. The Morgan fingerprint density at radius 2 is 1.75 bits per heavy atom. The summed E-state index contributed by atoms with van der Waals surface area (Å²) in [4.78, 5) is 35.6. The molecule has 1 heterocycles. The van der Waals surface area contributed by atoms with Gasteiger partial charge in [0, 0.05) is 32.7 Å². The summed E-state index contributed by atoms with van der Waals surface area (Å²) >= 11 is 1.50. The van der Waals surface area contributed by atoms with Crippen LogP contribution in [0.25, 0.3) is 20.2 Å². The summed E-state index contributed by atoms with van der Waals surface area (Å²) in [5.41, 5.74) is -0.105. The van der Waals surface area contributed by atoms with Gasteiger partial charge < -0.3 is 14.2 Å². The third-order valence-electron chi connectivity index (χ3n) is 3.80. The number of carbonyl (C=O) groups excluding carboxylic acids is 2. The molecule has 0 amide bonds. The van der Waals surface area contributed by atoms with Gasteiger partial charge in [-0.3, -0.25) is 4.79 Å². The molecular weight excluding hydrogens is 380 g/mol. The summed E-state index contributed by atoms with van der Waals surface area (Å²) in [6, 6.07) is 12.3. The molecule has 144 valence electrons. The van der Waals surface area contributed by atoms with Gasteiger partial charge in [-0.15, -0.1) is 11.3 Å². The van der Waals surface area contributed by atoms with Crippen LogP contribution in [0.5, 0.6) is 5.75 Å². The molecule has 2 aromatic carbocycles. The summed E-state index contributed by atoms with van der Waals surface area (Å²) in [6.07, 6.45) is 2.37. The average molecular weight is 398 g/mol. The first-order chi connectivity index (χ1) is 13.6. The Morgan fingerprint density at radius 3 is 2.57 bits per heavy atom. The maximum Gasteiger partial charge on any atom is 0.513 e. The van der Waals surface area contributed by atoms with Gasteiger partial charge in [-0.05, 0) is 37.3 Å². The molecule has 28 heavy (non-hydrogen) atoms. The first-order valence-electron chi connectivity index (χ1n) is 8.68. The van der Waals surface area contributed by atoms with Crippen molar-refractivity contribution < 1.29 is 23.8 Å². The predicted octanol–water partition coefficient (Wildman–Crippen LogP) is 4.44. The van der Waals surface area contributed by atoms with Crippen molar-refractivity contribution >= 4 is 43.6 Å². The number of benzene rings is 2. The molecule has 0 aliphatic carbocycles. The van der Waals surface area contributed by atoms with E-state index < -0.39 is 12.1 Å². The third kappa shape index (κ3) is 4.75. The highest BCUT2D eigenvalue weighted by Gasteiger charge is 2.10. The van der Waals surface area contributed by atoms with Gasteiger partial charge in [0.2, 0.25) is 0 Å². The Bertz CT molecular complexity index is 1100. The Balaban J connectivity index is 1.60. The highest BCUT2D eigenvalue weighted by molar-refractivity contribution is 7.24. The van der Waals surface area contributed by atoms with Gasteiger partial charge in [-0.2, -0.15) is 0 Å². The van der Waals surface area contributed by atoms with Crippen LogP contribution in [0.3, 0.4) is 0 Å². The van der Waals surface area contributed by atoms with Crippen LogP contribution >= 0.6 is 11.3 Å². The molecule has 6 nitrogen and oxygen atoms in total. The van der Waals surface area contributed by atoms with Crippen LogP contribution in [0.4, 0.5) is 4.79 Å². The zero-order valence-electron chi connectivity index (χ0n) is 15.2. The van der Waals surface area contributed by atoms with Crippen molar-refractivity contribution in [3.8, 4) is 5.75 Å². The summed E-state index contributed by atoms with van der Waals surface area (Å²) < 4.78 is 16.7.